The lowest BCUT2D eigenvalue weighted by Gasteiger charge is -2.15. The van der Waals surface area contributed by atoms with Gasteiger partial charge in [0, 0.05) is 42.5 Å². The van der Waals surface area contributed by atoms with Crippen LogP contribution in [0.15, 0.2) is 73.3 Å². The zero-order valence-electron chi connectivity index (χ0n) is 16.9. The Balaban J connectivity index is 1.63. The first-order valence-electron chi connectivity index (χ1n) is 10.3. The number of aryl methyl sites for hydroxylation is 1. The van der Waals surface area contributed by atoms with E-state index in [2.05, 4.69) is 46.5 Å². The number of nitrogens with one attached hydrogen (secondary N) is 1. The summed E-state index contributed by atoms with van der Waals surface area (Å²) in [5.74, 6) is 0.950. The van der Waals surface area contributed by atoms with Gasteiger partial charge in [0.1, 0.15) is 0 Å². The number of nitrogens with zero attached hydrogens (tertiary/aromatic N) is 4. The van der Waals surface area contributed by atoms with Crippen LogP contribution in [0.5, 0.6) is 0 Å². The highest BCUT2D eigenvalue weighted by molar-refractivity contribution is 5.83. The van der Waals surface area contributed by atoms with Crippen molar-refractivity contribution in [3.8, 4) is 22.4 Å². The minimum Gasteiger partial charge on any atom is -0.350 e. The van der Waals surface area contributed by atoms with Crippen LogP contribution in [0.4, 0.5) is 5.95 Å². The van der Waals surface area contributed by atoms with Gasteiger partial charge < -0.3 is 5.32 Å². The maximum atomic E-state index is 4.96. The fourth-order valence-corrected chi connectivity index (χ4v) is 4.05. The molecular weight excluding hydrogens is 370 g/mol. The lowest BCUT2D eigenvalue weighted by Crippen LogP contribution is -2.06. The third-order valence-electron chi connectivity index (χ3n) is 5.68. The second-order valence-corrected chi connectivity index (χ2v) is 7.70. The molecule has 3 aromatic heterocycles. The predicted octanol–water partition coefficient (Wildman–Crippen LogP) is 5.26. The van der Waals surface area contributed by atoms with Gasteiger partial charge in [-0.25, -0.2) is 9.97 Å². The second kappa shape index (κ2) is 8.03. The van der Waals surface area contributed by atoms with Gasteiger partial charge in [0.2, 0.25) is 5.95 Å². The highest BCUT2D eigenvalue weighted by Crippen LogP contribution is 2.39. The molecule has 30 heavy (non-hydrogen) atoms. The third-order valence-corrected chi connectivity index (χ3v) is 5.68. The molecule has 4 aromatic rings. The molecule has 1 aliphatic rings. The smallest absolute Gasteiger partial charge is 0.223 e. The zero-order chi connectivity index (χ0) is 20.3. The summed E-state index contributed by atoms with van der Waals surface area (Å²) in [7, 11) is 0. The third kappa shape index (κ3) is 3.54. The maximum absolute atomic E-state index is 4.96. The molecule has 1 unspecified atom stereocenters. The lowest BCUT2D eigenvalue weighted by molar-refractivity contribution is 0.662. The van der Waals surface area contributed by atoms with Gasteiger partial charge in [-0.3, -0.25) is 9.97 Å². The van der Waals surface area contributed by atoms with Crippen LogP contribution in [0.3, 0.4) is 0 Å². The number of benzene rings is 1. The van der Waals surface area contributed by atoms with E-state index in [1.807, 2.05) is 49.1 Å². The first kappa shape index (κ1) is 18.4. The molecule has 3 heterocycles. The molecular formula is C25H23N5. The molecule has 1 aromatic carbocycles. The Morgan fingerprint density at radius 3 is 2.70 bits per heavy atom. The molecule has 0 aliphatic heterocycles. The fraction of sp³-hybridized carbons (Fsp3) is 0.200. The summed E-state index contributed by atoms with van der Waals surface area (Å²) in [6.45, 7) is 2.92. The van der Waals surface area contributed by atoms with Gasteiger partial charge in [-0.1, -0.05) is 37.3 Å². The van der Waals surface area contributed by atoms with Crippen LogP contribution in [0.2, 0.25) is 0 Å². The Kier molecular flexibility index (Phi) is 4.93. The van der Waals surface area contributed by atoms with E-state index < -0.39 is 0 Å². The van der Waals surface area contributed by atoms with Crippen molar-refractivity contribution in [2.75, 3.05) is 5.32 Å². The molecule has 1 aliphatic carbocycles. The molecule has 0 saturated heterocycles. The van der Waals surface area contributed by atoms with Crippen LogP contribution in [0.1, 0.15) is 36.1 Å². The molecule has 5 heteroatoms. The van der Waals surface area contributed by atoms with E-state index in [0.717, 1.165) is 40.9 Å². The van der Waals surface area contributed by atoms with Crippen LogP contribution in [0, 0.1) is 0 Å². The number of rotatable bonds is 3. The number of hydrogen-bond donors (Lipinski definition) is 1. The van der Waals surface area contributed by atoms with Gasteiger partial charge in [-0.15, -0.1) is 0 Å². The van der Waals surface area contributed by atoms with Gasteiger partial charge in [0.25, 0.3) is 0 Å². The van der Waals surface area contributed by atoms with Crippen molar-refractivity contribution in [1.29, 1.82) is 0 Å². The number of fused-ring (bicyclic) bond motifs is 5. The highest BCUT2D eigenvalue weighted by Gasteiger charge is 2.22. The van der Waals surface area contributed by atoms with Crippen molar-refractivity contribution in [3.05, 3.63) is 90.1 Å². The van der Waals surface area contributed by atoms with Crippen LogP contribution >= 0.6 is 0 Å². The van der Waals surface area contributed by atoms with E-state index in [1.54, 1.807) is 0 Å². The topological polar surface area (TPSA) is 63.6 Å². The summed E-state index contributed by atoms with van der Waals surface area (Å²) >= 11 is 0. The van der Waals surface area contributed by atoms with Gasteiger partial charge >= 0.3 is 0 Å². The minimum atomic E-state index is 0.330. The molecule has 0 saturated carbocycles. The Bertz CT molecular complexity index is 1170. The molecule has 0 radical (unpaired) electrons. The van der Waals surface area contributed by atoms with Gasteiger partial charge in [0.15, 0.2) is 0 Å². The quantitative estimate of drug-likeness (QED) is 0.514. The number of anilines is 1. The van der Waals surface area contributed by atoms with E-state index in [1.165, 1.54) is 11.1 Å². The summed E-state index contributed by atoms with van der Waals surface area (Å²) in [4.78, 5) is 18.7. The molecule has 0 fully saturated rings. The summed E-state index contributed by atoms with van der Waals surface area (Å²) in [6.07, 6.45) is 9.59. The predicted molar refractivity (Wildman–Crippen MR) is 119 cm³/mol. The standard InChI is InChI=1S/C25H23N5/c1-17-9-10-19-15-26-13-11-20(19)22-16-29-25(28-14-18-6-3-2-4-7-18)30-24(22)21-8-5-12-27-23(17)21/h2-8,11-13,15-17H,9-10,14H2,1H3,(H,28,29,30). The first-order chi connectivity index (χ1) is 14.8. The van der Waals surface area contributed by atoms with Crippen LogP contribution < -0.4 is 5.32 Å². The van der Waals surface area contributed by atoms with E-state index in [4.69, 9.17) is 9.97 Å². The molecule has 1 atom stereocenters. The molecule has 0 amide bonds. The number of pyridine rings is 2. The van der Waals surface area contributed by atoms with E-state index in [0.29, 0.717) is 18.4 Å². The van der Waals surface area contributed by atoms with Crippen molar-refractivity contribution >= 4 is 5.95 Å². The zero-order valence-corrected chi connectivity index (χ0v) is 16.9. The second-order valence-electron chi connectivity index (χ2n) is 7.70. The summed E-state index contributed by atoms with van der Waals surface area (Å²) in [6, 6.07) is 16.5. The van der Waals surface area contributed by atoms with Crippen LogP contribution in [-0.4, -0.2) is 19.9 Å². The Morgan fingerprint density at radius 1 is 0.900 bits per heavy atom. The Labute approximate surface area is 176 Å². The number of hydrogen-bond acceptors (Lipinski definition) is 5. The number of aromatic nitrogens is 4. The van der Waals surface area contributed by atoms with Crippen molar-refractivity contribution in [2.24, 2.45) is 0 Å². The van der Waals surface area contributed by atoms with E-state index >= 15 is 0 Å². The summed E-state index contributed by atoms with van der Waals surface area (Å²) in [5, 5.41) is 3.37. The van der Waals surface area contributed by atoms with Crippen molar-refractivity contribution in [3.63, 3.8) is 0 Å². The van der Waals surface area contributed by atoms with Crippen molar-refractivity contribution < 1.29 is 0 Å². The van der Waals surface area contributed by atoms with Crippen molar-refractivity contribution in [1.82, 2.24) is 19.9 Å². The fourth-order valence-electron chi connectivity index (χ4n) is 4.05. The minimum absolute atomic E-state index is 0.330. The monoisotopic (exact) mass is 393 g/mol. The van der Waals surface area contributed by atoms with Crippen molar-refractivity contribution in [2.45, 2.75) is 32.2 Å². The van der Waals surface area contributed by atoms with Crippen LogP contribution in [0.25, 0.3) is 22.4 Å². The average molecular weight is 393 g/mol. The highest BCUT2D eigenvalue weighted by atomic mass is 15.1. The van der Waals surface area contributed by atoms with Gasteiger partial charge in [0.05, 0.1) is 11.4 Å². The SMILES string of the molecule is CC1CCc2cnccc2-c2cnc(NCc3ccccc3)nc2-c2cccnc21. The Morgan fingerprint density at radius 2 is 1.80 bits per heavy atom. The summed E-state index contributed by atoms with van der Waals surface area (Å²) < 4.78 is 0. The molecule has 148 valence electrons. The molecule has 5 rings (SSSR count). The van der Waals surface area contributed by atoms with Crippen LogP contribution in [-0.2, 0) is 13.0 Å². The Hall–Kier alpha value is -3.60. The molecule has 5 nitrogen and oxygen atoms in total. The summed E-state index contributed by atoms with van der Waals surface area (Å²) in [5.41, 5.74) is 7.69. The van der Waals surface area contributed by atoms with E-state index in [-0.39, 0.29) is 0 Å². The van der Waals surface area contributed by atoms with Gasteiger partial charge in [-0.2, -0.15) is 0 Å². The normalized spacial score (nSPS) is 15.0. The molecule has 1 N–H and O–H groups in total. The lowest BCUT2D eigenvalue weighted by atomic mass is 9.95. The average Bonchev–Trinajstić information content (AvgIpc) is 2.86. The molecule has 0 bridgehead atoms. The van der Waals surface area contributed by atoms with E-state index in [9.17, 15) is 0 Å². The maximum Gasteiger partial charge on any atom is 0.223 e. The largest absolute Gasteiger partial charge is 0.350 e. The van der Waals surface area contributed by atoms with Gasteiger partial charge in [-0.05, 0) is 53.6 Å². The molecule has 0 spiro atoms. The first-order valence-corrected chi connectivity index (χ1v) is 10.3.